The molecule has 3 heteroatoms. The van der Waals surface area contributed by atoms with Gasteiger partial charge in [0, 0.05) is 18.2 Å². The Kier molecular flexibility index (Phi) is 4.14. The Morgan fingerprint density at radius 3 is 2.64 bits per heavy atom. The lowest BCUT2D eigenvalue weighted by Crippen LogP contribution is -2.35. The van der Waals surface area contributed by atoms with Gasteiger partial charge in [0.2, 0.25) is 5.91 Å². The molecule has 0 atom stereocenters. The molecular weight excluding hydrogens is 178 g/mol. The average Bonchev–Trinajstić information content (AvgIpc) is 2.97. The van der Waals surface area contributed by atoms with Gasteiger partial charge in [-0.25, -0.2) is 0 Å². The van der Waals surface area contributed by atoms with E-state index in [4.69, 9.17) is 5.11 Å². The van der Waals surface area contributed by atoms with E-state index in [2.05, 4.69) is 0 Å². The lowest BCUT2D eigenvalue weighted by Gasteiger charge is -2.21. The van der Waals surface area contributed by atoms with Gasteiger partial charge in [0.25, 0.3) is 0 Å². The van der Waals surface area contributed by atoms with E-state index in [1.54, 1.807) is 4.90 Å². The van der Waals surface area contributed by atoms with Gasteiger partial charge in [-0.15, -0.1) is 0 Å². The van der Waals surface area contributed by atoms with E-state index in [1.165, 1.54) is 0 Å². The molecule has 0 aromatic heterocycles. The van der Waals surface area contributed by atoms with E-state index < -0.39 is 0 Å². The highest BCUT2D eigenvalue weighted by Gasteiger charge is 2.32. The summed E-state index contributed by atoms with van der Waals surface area (Å²) in [7, 11) is 0. The number of hydrogen-bond donors (Lipinski definition) is 1. The summed E-state index contributed by atoms with van der Waals surface area (Å²) in [6, 6.07) is 0.384. The van der Waals surface area contributed by atoms with Gasteiger partial charge < -0.3 is 10.0 Å². The lowest BCUT2D eigenvalue weighted by atomic mass is 10.2. The van der Waals surface area contributed by atoms with Crippen LogP contribution in [0.15, 0.2) is 11.6 Å². The first-order valence-electron chi connectivity index (χ1n) is 5.29. The zero-order valence-corrected chi connectivity index (χ0v) is 8.99. The predicted molar refractivity (Wildman–Crippen MR) is 55.9 cm³/mol. The van der Waals surface area contributed by atoms with Crippen molar-refractivity contribution in [2.24, 2.45) is 0 Å². The molecule has 0 spiro atoms. The normalized spacial score (nSPS) is 16.9. The van der Waals surface area contributed by atoms with Gasteiger partial charge >= 0.3 is 0 Å². The van der Waals surface area contributed by atoms with Crippen molar-refractivity contribution in [2.75, 3.05) is 13.2 Å². The summed E-state index contributed by atoms with van der Waals surface area (Å²) in [6.07, 6.45) is 5.00. The summed E-state index contributed by atoms with van der Waals surface area (Å²) in [5.41, 5.74) is 0.799. The van der Waals surface area contributed by atoms with Crippen LogP contribution in [0.4, 0.5) is 0 Å². The molecule has 1 saturated carbocycles. The van der Waals surface area contributed by atoms with Crippen LogP contribution in [0.2, 0.25) is 0 Å². The van der Waals surface area contributed by atoms with E-state index in [0.29, 0.717) is 12.6 Å². The Hall–Kier alpha value is -0.830. The summed E-state index contributed by atoms with van der Waals surface area (Å²) in [5, 5.41) is 8.86. The quantitative estimate of drug-likeness (QED) is 0.675. The molecule has 80 valence electrons. The fourth-order valence-corrected chi connectivity index (χ4v) is 1.56. The van der Waals surface area contributed by atoms with Crippen LogP contribution in [0.1, 0.15) is 33.1 Å². The van der Waals surface area contributed by atoms with Crippen LogP contribution in [0.3, 0.4) is 0 Å². The average molecular weight is 197 g/mol. The molecule has 0 unspecified atom stereocenters. The number of nitrogens with zero attached hydrogens (tertiary/aromatic N) is 1. The molecule has 1 aliphatic carbocycles. The molecule has 0 aliphatic heterocycles. The number of hydrogen-bond acceptors (Lipinski definition) is 2. The number of amides is 1. The SMILES string of the molecule is CC/C=C(\C)C(=O)N(CCO)C1CC1. The van der Waals surface area contributed by atoms with E-state index in [1.807, 2.05) is 19.9 Å². The van der Waals surface area contributed by atoms with Crippen LogP contribution in [-0.2, 0) is 4.79 Å². The van der Waals surface area contributed by atoms with Gasteiger partial charge in [0.15, 0.2) is 0 Å². The molecule has 1 aliphatic rings. The highest BCUT2D eigenvalue weighted by atomic mass is 16.3. The topological polar surface area (TPSA) is 40.5 Å². The fraction of sp³-hybridized carbons (Fsp3) is 0.727. The maximum absolute atomic E-state index is 11.9. The molecule has 0 aromatic carbocycles. The molecule has 1 N–H and O–H groups in total. The lowest BCUT2D eigenvalue weighted by molar-refractivity contribution is -0.128. The molecular formula is C11H19NO2. The molecule has 0 heterocycles. The second kappa shape index (κ2) is 5.15. The first kappa shape index (κ1) is 11.2. The highest BCUT2D eigenvalue weighted by Crippen LogP contribution is 2.27. The molecule has 0 saturated heterocycles. The first-order chi connectivity index (χ1) is 6.70. The number of carbonyl (C=O) groups is 1. The van der Waals surface area contributed by atoms with E-state index >= 15 is 0 Å². The number of aliphatic hydroxyl groups excluding tert-OH is 1. The third kappa shape index (κ3) is 2.84. The maximum atomic E-state index is 11.9. The summed E-state index contributed by atoms with van der Waals surface area (Å²) in [5.74, 6) is 0.0865. The van der Waals surface area contributed by atoms with Crippen molar-refractivity contribution in [1.82, 2.24) is 4.90 Å². The van der Waals surface area contributed by atoms with Crippen LogP contribution >= 0.6 is 0 Å². The van der Waals surface area contributed by atoms with Crippen LogP contribution in [-0.4, -0.2) is 35.1 Å². The number of allylic oxidation sites excluding steroid dienone is 1. The zero-order chi connectivity index (χ0) is 10.6. The highest BCUT2D eigenvalue weighted by molar-refractivity contribution is 5.93. The molecule has 1 rings (SSSR count). The molecule has 0 radical (unpaired) electrons. The third-order valence-corrected chi connectivity index (χ3v) is 2.44. The monoisotopic (exact) mass is 197 g/mol. The summed E-state index contributed by atoms with van der Waals surface area (Å²) >= 11 is 0. The zero-order valence-electron chi connectivity index (χ0n) is 8.99. The van der Waals surface area contributed by atoms with E-state index in [-0.39, 0.29) is 12.5 Å². The minimum atomic E-state index is 0.0572. The van der Waals surface area contributed by atoms with Crippen molar-refractivity contribution < 1.29 is 9.90 Å². The maximum Gasteiger partial charge on any atom is 0.249 e. The van der Waals surface area contributed by atoms with Crippen LogP contribution in [0, 0.1) is 0 Å². The Labute approximate surface area is 85.4 Å². The third-order valence-electron chi connectivity index (χ3n) is 2.44. The minimum absolute atomic E-state index is 0.0572. The summed E-state index contributed by atoms with van der Waals surface area (Å²) < 4.78 is 0. The van der Waals surface area contributed by atoms with Crippen LogP contribution < -0.4 is 0 Å². The molecule has 3 nitrogen and oxygen atoms in total. The molecule has 0 aromatic rings. The number of carbonyl (C=O) groups excluding carboxylic acids is 1. The fourth-order valence-electron chi connectivity index (χ4n) is 1.56. The molecule has 0 bridgehead atoms. The molecule has 1 amide bonds. The molecule has 1 fully saturated rings. The second-order valence-corrected chi connectivity index (χ2v) is 3.75. The van der Waals surface area contributed by atoms with E-state index in [9.17, 15) is 4.79 Å². The van der Waals surface area contributed by atoms with Crippen LogP contribution in [0.5, 0.6) is 0 Å². The van der Waals surface area contributed by atoms with E-state index in [0.717, 1.165) is 24.8 Å². The van der Waals surface area contributed by atoms with Gasteiger partial charge in [-0.05, 0) is 26.2 Å². The standard InChI is InChI=1S/C11H19NO2/c1-3-4-9(2)11(14)12(7-8-13)10-5-6-10/h4,10,13H,3,5-8H2,1-2H3/b9-4+. The smallest absolute Gasteiger partial charge is 0.249 e. The van der Waals surface area contributed by atoms with Crippen molar-refractivity contribution in [3.8, 4) is 0 Å². The number of aliphatic hydroxyl groups is 1. The second-order valence-electron chi connectivity index (χ2n) is 3.75. The Morgan fingerprint density at radius 1 is 1.57 bits per heavy atom. The summed E-state index contributed by atoms with van der Waals surface area (Å²) in [6.45, 7) is 4.39. The largest absolute Gasteiger partial charge is 0.395 e. The first-order valence-corrected chi connectivity index (χ1v) is 5.29. The van der Waals surface area contributed by atoms with Crippen molar-refractivity contribution >= 4 is 5.91 Å². The van der Waals surface area contributed by atoms with Gasteiger partial charge in [0.1, 0.15) is 0 Å². The van der Waals surface area contributed by atoms with Crippen LogP contribution in [0.25, 0.3) is 0 Å². The summed E-state index contributed by atoms with van der Waals surface area (Å²) in [4.78, 5) is 13.6. The predicted octanol–water partition coefficient (Wildman–Crippen LogP) is 1.33. The Morgan fingerprint density at radius 2 is 2.21 bits per heavy atom. The number of rotatable bonds is 5. The van der Waals surface area contributed by atoms with Crippen molar-refractivity contribution in [3.63, 3.8) is 0 Å². The Balaban J connectivity index is 2.58. The van der Waals surface area contributed by atoms with Gasteiger partial charge in [-0.2, -0.15) is 0 Å². The Bertz CT molecular complexity index is 231. The van der Waals surface area contributed by atoms with Gasteiger partial charge in [-0.1, -0.05) is 13.0 Å². The van der Waals surface area contributed by atoms with Crippen molar-refractivity contribution in [2.45, 2.75) is 39.2 Å². The van der Waals surface area contributed by atoms with Crippen molar-refractivity contribution in [3.05, 3.63) is 11.6 Å². The van der Waals surface area contributed by atoms with Gasteiger partial charge in [-0.3, -0.25) is 4.79 Å². The van der Waals surface area contributed by atoms with Crippen molar-refractivity contribution in [1.29, 1.82) is 0 Å². The minimum Gasteiger partial charge on any atom is -0.395 e. The molecule has 14 heavy (non-hydrogen) atoms. The van der Waals surface area contributed by atoms with Gasteiger partial charge in [0.05, 0.1) is 6.61 Å².